The molecule has 142 valence electrons. The lowest BCUT2D eigenvalue weighted by molar-refractivity contribution is -0.247. The van der Waals surface area contributed by atoms with Crippen LogP contribution in [0.25, 0.3) is 0 Å². The zero-order valence-corrected chi connectivity index (χ0v) is 16.7. The number of aromatic nitrogens is 1. The number of rotatable bonds is 0. The summed E-state index contributed by atoms with van der Waals surface area (Å²) in [4.78, 5) is 18.1. The molecule has 2 N–H and O–H groups in total. The van der Waals surface area contributed by atoms with Crippen molar-refractivity contribution in [1.29, 1.82) is 0 Å². The zero-order chi connectivity index (χ0) is 18.5. The van der Waals surface area contributed by atoms with Crippen molar-refractivity contribution in [3.05, 3.63) is 15.6 Å². The fourth-order valence-electron chi connectivity index (χ4n) is 7.37. The number of hydrogen-bond acceptors (Lipinski definition) is 5. The predicted octanol–water partition coefficient (Wildman–Crippen LogP) is 3.37. The van der Waals surface area contributed by atoms with Gasteiger partial charge in [-0.15, -0.1) is 11.3 Å². The number of carbonyl (C=O) groups excluding carboxylic acids is 1. The van der Waals surface area contributed by atoms with Crippen LogP contribution in [0.5, 0.6) is 0 Å². The number of carbonyl (C=O) groups is 1. The molecule has 1 heterocycles. The summed E-state index contributed by atoms with van der Waals surface area (Å²) in [5, 5.41) is 24.1. The van der Waals surface area contributed by atoms with Gasteiger partial charge in [0.2, 0.25) is 0 Å². The molecular formula is C21H29NO3S. The van der Waals surface area contributed by atoms with E-state index in [1.54, 1.807) is 11.3 Å². The summed E-state index contributed by atoms with van der Waals surface area (Å²) in [6, 6.07) is 0. The van der Waals surface area contributed by atoms with Gasteiger partial charge >= 0.3 is 0 Å². The molecule has 3 saturated carbocycles. The maximum atomic E-state index is 12.6. The third-order valence-corrected chi connectivity index (χ3v) is 9.98. The van der Waals surface area contributed by atoms with Crippen molar-refractivity contribution in [3.8, 4) is 0 Å². The first kappa shape index (κ1) is 17.3. The molecule has 1 aromatic rings. The third kappa shape index (κ3) is 1.83. The van der Waals surface area contributed by atoms with Gasteiger partial charge in [-0.1, -0.05) is 13.8 Å². The van der Waals surface area contributed by atoms with Gasteiger partial charge in [-0.05, 0) is 63.2 Å². The molecule has 0 unspecified atom stereocenters. The van der Waals surface area contributed by atoms with Crippen LogP contribution in [-0.4, -0.2) is 27.1 Å². The number of nitrogens with zero attached hydrogens (tertiary/aromatic N) is 1. The molecule has 5 rings (SSSR count). The van der Waals surface area contributed by atoms with E-state index in [-0.39, 0.29) is 10.8 Å². The number of aliphatic hydroxyl groups excluding tert-OH is 1. The second kappa shape index (κ2) is 5.18. The Morgan fingerprint density at radius 3 is 2.69 bits per heavy atom. The van der Waals surface area contributed by atoms with Crippen molar-refractivity contribution >= 4 is 17.1 Å². The topological polar surface area (TPSA) is 70.4 Å². The Kier molecular flexibility index (Phi) is 3.45. The van der Waals surface area contributed by atoms with Crippen molar-refractivity contribution in [2.45, 2.75) is 77.4 Å². The molecule has 4 nitrogen and oxygen atoms in total. The molecule has 0 radical (unpaired) electrons. The summed E-state index contributed by atoms with van der Waals surface area (Å²) in [6.45, 7) is 6.34. The number of Topliss-reactive ketones (excluding diaryl/α,β-unsaturated/α-hetero) is 1. The fourth-order valence-corrected chi connectivity index (χ4v) is 8.61. The van der Waals surface area contributed by atoms with E-state index in [4.69, 9.17) is 0 Å². The van der Waals surface area contributed by atoms with Gasteiger partial charge < -0.3 is 10.2 Å². The van der Waals surface area contributed by atoms with Gasteiger partial charge in [-0.25, -0.2) is 4.98 Å². The van der Waals surface area contributed by atoms with Crippen LogP contribution in [0.4, 0.5) is 0 Å². The van der Waals surface area contributed by atoms with Gasteiger partial charge in [0.1, 0.15) is 11.4 Å². The number of fused-ring (bicyclic) bond motifs is 7. The largest absolute Gasteiger partial charge is 0.390 e. The molecule has 5 heteroatoms. The minimum Gasteiger partial charge on any atom is -0.390 e. The number of aliphatic hydroxyl groups is 2. The molecule has 0 saturated heterocycles. The summed E-state index contributed by atoms with van der Waals surface area (Å²) < 4.78 is 0. The molecule has 0 amide bonds. The van der Waals surface area contributed by atoms with Crippen LogP contribution in [0.2, 0.25) is 0 Å². The van der Waals surface area contributed by atoms with Gasteiger partial charge in [0, 0.05) is 17.3 Å². The lowest BCUT2D eigenvalue weighted by atomic mass is 9.43. The Morgan fingerprint density at radius 2 is 1.92 bits per heavy atom. The van der Waals surface area contributed by atoms with E-state index in [1.807, 2.05) is 6.92 Å². The molecule has 0 spiro atoms. The molecule has 0 aliphatic heterocycles. The second-order valence-corrected chi connectivity index (χ2v) is 10.9. The van der Waals surface area contributed by atoms with E-state index < -0.39 is 11.7 Å². The minimum atomic E-state index is -1.19. The molecule has 4 aliphatic carbocycles. The zero-order valence-electron chi connectivity index (χ0n) is 15.9. The monoisotopic (exact) mass is 375 g/mol. The van der Waals surface area contributed by atoms with Crippen LogP contribution < -0.4 is 0 Å². The summed E-state index contributed by atoms with van der Waals surface area (Å²) in [6.07, 6.45) is 5.18. The second-order valence-electron chi connectivity index (χ2n) is 9.74. The van der Waals surface area contributed by atoms with E-state index >= 15 is 0 Å². The van der Waals surface area contributed by atoms with Gasteiger partial charge in [0.15, 0.2) is 0 Å². The van der Waals surface area contributed by atoms with Crippen LogP contribution >= 0.6 is 11.3 Å². The molecule has 4 aliphatic rings. The Morgan fingerprint density at radius 1 is 1.15 bits per heavy atom. The summed E-state index contributed by atoms with van der Waals surface area (Å²) >= 11 is 1.56. The molecule has 26 heavy (non-hydrogen) atoms. The lowest BCUT2D eigenvalue weighted by Gasteiger charge is -2.63. The summed E-state index contributed by atoms with van der Waals surface area (Å²) in [7, 11) is 0. The lowest BCUT2D eigenvalue weighted by Crippen LogP contribution is -2.65. The highest BCUT2D eigenvalue weighted by molar-refractivity contribution is 7.11. The minimum absolute atomic E-state index is 0.201. The van der Waals surface area contributed by atoms with Crippen molar-refractivity contribution in [1.82, 2.24) is 4.98 Å². The molecule has 1 aromatic heterocycles. The Balaban J connectivity index is 1.61. The van der Waals surface area contributed by atoms with Crippen LogP contribution in [0.1, 0.15) is 68.0 Å². The maximum absolute atomic E-state index is 12.6. The first-order chi connectivity index (χ1) is 12.2. The Hall–Kier alpha value is -0.780. The third-order valence-electron chi connectivity index (χ3n) is 8.84. The van der Waals surface area contributed by atoms with Crippen molar-refractivity contribution in [2.75, 3.05) is 0 Å². The Labute approximate surface area is 159 Å². The number of aryl methyl sites for hydroxylation is 2. The van der Waals surface area contributed by atoms with Crippen molar-refractivity contribution < 1.29 is 15.0 Å². The quantitative estimate of drug-likeness (QED) is 0.729. The van der Waals surface area contributed by atoms with Crippen LogP contribution in [0, 0.1) is 35.5 Å². The van der Waals surface area contributed by atoms with Gasteiger partial charge in [0.25, 0.3) is 0 Å². The number of thiazole rings is 1. The van der Waals surface area contributed by atoms with Gasteiger partial charge in [0.05, 0.1) is 21.7 Å². The molecule has 3 fully saturated rings. The molecule has 0 bridgehead atoms. The normalized spacial score (nSPS) is 50.0. The molecular weight excluding hydrogens is 346 g/mol. The van der Waals surface area contributed by atoms with E-state index in [9.17, 15) is 15.0 Å². The maximum Gasteiger partial charge on any atom is 0.139 e. The highest BCUT2D eigenvalue weighted by atomic mass is 32.1. The van der Waals surface area contributed by atoms with Gasteiger partial charge in [-0.2, -0.15) is 0 Å². The van der Waals surface area contributed by atoms with E-state index in [0.717, 1.165) is 47.7 Å². The highest BCUT2D eigenvalue weighted by Crippen LogP contribution is 2.68. The fraction of sp³-hybridized carbons (Fsp3) is 0.810. The number of hydrogen-bond donors (Lipinski definition) is 2. The SMILES string of the molecule is Cc1nc2c(s1)[C@]1(O)[C@@H](O)C[C@H]3[C@@H]4CCC(=O)[C@@]4(C)CC[C@@H]3[C@@]1(C)CC2. The predicted molar refractivity (Wildman–Crippen MR) is 99.9 cm³/mol. The van der Waals surface area contributed by atoms with Crippen LogP contribution in [0.15, 0.2) is 0 Å². The van der Waals surface area contributed by atoms with E-state index in [1.165, 1.54) is 0 Å². The van der Waals surface area contributed by atoms with Crippen molar-refractivity contribution in [2.24, 2.45) is 28.6 Å². The average molecular weight is 376 g/mol. The average Bonchev–Trinajstić information content (AvgIpc) is 3.11. The van der Waals surface area contributed by atoms with Gasteiger partial charge in [-0.3, -0.25) is 4.79 Å². The highest BCUT2D eigenvalue weighted by Gasteiger charge is 2.68. The Bertz CT molecular complexity index is 790. The number of ketones is 1. The van der Waals surface area contributed by atoms with E-state index in [0.29, 0.717) is 36.4 Å². The first-order valence-corrected chi connectivity index (χ1v) is 10.9. The van der Waals surface area contributed by atoms with E-state index in [2.05, 4.69) is 18.8 Å². The smallest absolute Gasteiger partial charge is 0.139 e. The summed E-state index contributed by atoms with van der Waals surface area (Å²) in [5.41, 5.74) is -0.743. The standard InChI is InChI=1S/C21H29NO3S/c1-11-22-15-7-9-20(3)14-6-8-19(2)13(4-5-16(19)23)12(14)10-17(24)21(20,25)18(15)26-11/h12-14,17,24-25H,4-10H2,1-3H3/t12-,13-,14-,17-,19-,20+,21+/m0/s1. The van der Waals surface area contributed by atoms with Crippen molar-refractivity contribution in [3.63, 3.8) is 0 Å². The molecule has 7 atom stereocenters. The van der Waals surface area contributed by atoms with Crippen LogP contribution in [0.3, 0.4) is 0 Å². The first-order valence-electron chi connectivity index (χ1n) is 10.1. The van der Waals surface area contributed by atoms with Crippen LogP contribution in [-0.2, 0) is 16.8 Å². The summed E-state index contributed by atoms with van der Waals surface area (Å²) in [5.74, 6) is 1.51. The molecule has 0 aromatic carbocycles.